The van der Waals surface area contributed by atoms with Gasteiger partial charge in [0.2, 0.25) is 0 Å². The molecule has 0 saturated heterocycles. The molecule has 192 valence electrons. The molecule has 0 aliphatic heterocycles. The SMILES string of the molecule is CCCC1CCC(C2CCC(CP(I)(c3ccccc3)(c3ccccc3)c3ccccc3)CC2)CC1. The number of rotatable bonds is 8. The van der Waals surface area contributed by atoms with Crippen LogP contribution in [0, 0.1) is 23.7 Å². The van der Waals surface area contributed by atoms with Crippen LogP contribution < -0.4 is 15.9 Å². The summed E-state index contributed by atoms with van der Waals surface area (Å²) in [6.07, 6.45) is 15.9. The van der Waals surface area contributed by atoms with E-state index in [1.165, 1.54) is 86.3 Å². The molecule has 2 aliphatic rings. The zero-order valence-electron chi connectivity index (χ0n) is 22.1. The van der Waals surface area contributed by atoms with E-state index in [1.54, 1.807) is 0 Å². The third kappa shape index (κ3) is 5.22. The van der Waals surface area contributed by atoms with Crippen molar-refractivity contribution in [2.45, 2.75) is 71.1 Å². The summed E-state index contributed by atoms with van der Waals surface area (Å²) in [4.78, 5) is 0. The van der Waals surface area contributed by atoms with Crippen molar-refractivity contribution in [3.05, 3.63) is 91.0 Å². The monoisotopic (exact) mass is 610 g/mol. The molecule has 3 aromatic carbocycles. The summed E-state index contributed by atoms with van der Waals surface area (Å²) in [5, 5.41) is 4.62. The van der Waals surface area contributed by atoms with Crippen molar-refractivity contribution >= 4 is 42.2 Å². The first kappa shape index (κ1) is 26.4. The third-order valence-corrected chi connectivity index (χ3v) is 21.2. The fourth-order valence-electron chi connectivity index (χ4n) is 7.66. The minimum absolute atomic E-state index is 0.799. The first-order chi connectivity index (χ1) is 17.6. The Morgan fingerprint density at radius 3 is 1.28 bits per heavy atom. The average Bonchev–Trinajstić information content (AvgIpc) is 2.96. The molecule has 2 heteroatoms. The Bertz CT molecular complexity index is 965. The van der Waals surface area contributed by atoms with Crippen molar-refractivity contribution in [2.24, 2.45) is 23.7 Å². The van der Waals surface area contributed by atoms with Gasteiger partial charge in [0.1, 0.15) is 0 Å². The molecular weight excluding hydrogens is 566 g/mol. The molecule has 0 spiro atoms. The second-order valence-corrected chi connectivity index (χ2v) is 22.4. The van der Waals surface area contributed by atoms with E-state index in [4.69, 9.17) is 0 Å². The second kappa shape index (κ2) is 11.7. The van der Waals surface area contributed by atoms with E-state index >= 15 is 0 Å². The van der Waals surface area contributed by atoms with Crippen LogP contribution in [0.2, 0.25) is 0 Å². The molecule has 0 N–H and O–H groups in total. The van der Waals surface area contributed by atoms with Crippen LogP contribution in [-0.2, 0) is 0 Å². The molecule has 0 atom stereocenters. The number of hydrogen-bond donors (Lipinski definition) is 0. The zero-order chi connectivity index (χ0) is 24.9. The molecule has 2 aliphatic carbocycles. The van der Waals surface area contributed by atoms with E-state index in [0.29, 0.717) is 0 Å². The van der Waals surface area contributed by atoms with E-state index in [0.717, 1.165) is 23.7 Å². The van der Waals surface area contributed by atoms with Gasteiger partial charge < -0.3 is 0 Å². The summed E-state index contributed by atoms with van der Waals surface area (Å²) in [5.41, 5.74) is 0. The predicted molar refractivity (Wildman–Crippen MR) is 170 cm³/mol. The van der Waals surface area contributed by atoms with Crippen molar-refractivity contribution in [3.8, 4) is 0 Å². The van der Waals surface area contributed by atoms with Crippen molar-refractivity contribution in [2.75, 3.05) is 6.16 Å². The summed E-state index contributed by atoms with van der Waals surface area (Å²) in [6, 6.07) is 34.6. The summed E-state index contributed by atoms with van der Waals surface area (Å²) >= 11 is 3.00. The molecule has 3 aromatic rings. The Kier molecular flexibility index (Phi) is 8.58. The topological polar surface area (TPSA) is 0 Å². The Hall–Kier alpha value is -1.18. The van der Waals surface area contributed by atoms with Crippen LogP contribution in [0.4, 0.5) is 0 Å². The molecule has 5 rings (SSSR count). The Morgan fingerprint density at radius 1 is 0.556 bits per heavy atom. The maximum atomic E-state index is 3.00. The van der Waals surface area contributed by atoms with Crippen molar-refractivity contribution in [1.82, 2.24) is 0 Å². The predicted octanol–water partition coefficient (Wildman–Crippen LogP) is 9.28. The van der Waals surface area contributed by atoms with Gasteiger partial charge in [-0.05, 0) is 0 Å². The Labute approximate surface area is 233 Å². The van der Waals surface area contributed by atoms with Crippen LogP contribution in [0.1, 0.15) is 71.1 Å². The van der Waals surface area contributed by atoms with Crippen LogP contribution in [0.25, 0.3) is 0 Å². The maximum absolute atomic E-state index is 3.00. The number of benzene rings is 3. The first-order valence-corrected chi connectivity index (χ1v) is 19.7. The van der Waals surface area contributed by atoms with Crippen molar-refractivity contribution in [3.63, 3.8) is 0 Å². The zero-order valence-corrected chi connectivity index (χ0v) is 25.1. The Balaban J connectivity index is 1.42. The summed E-state index contributed by atoms with van der Waals surface area (Å²) in [6.45, 7) is 2.36. The van der Waals surface area contributed by atoms with Gasteiger partial charge in [0.25, 0.3) is 0 Å². The quantitative estimate of drug-likeness (QED) is 0.176. The van der Waals surface area contributed by atoms with Gasteiger partial charge in [0, 0.05) is 0 Å². The molecule has 0 radical (unpaired) electrons. The molecule has 0 nitrogen and oxygen atoms in total. The van der Waals surface area contributed by atoms with Crippen LogP contribution in [0.3, 0.4) is 0 Å². The molecule has 0 aromatic heterocycles. The number of hydrogen-bond acceptors (Lipinski definition) is 0. The third-order valence-electron chi connectivity index (χ3n) is 9.63. The standard InChI is InChI=1S/C34H44IP/c1-2-12-28-19-23-30(24-20-28)31-25-21-29(22-26-31)27-36(35,32-13-6-3-7-14-32,33-15-8-4-9-16-33)34-17-10-5-11-18-34/h3-11,13-18,28-31H,2,12,19-27H2,1H3. The molecule has 2 fully saturated rings. The van der Waals surface area contributed by atoms with Crippen LogP contribution in [0.15, 0.2) is 91.0 Å². The fraction of sp³-hybridized carbons (Fsp3) is 0.471. The van der Waals surface area contributed by atoms with Gasteiger partial charge in [0.05, 0.1) is 0 Å². The minimum atomic E-state index is -2.64. The van der Waals surface area contributed by atoms with Crippen molar-refractivity contribution < 1.29 is 0 Å². The molecule has 2 saturated carbocycles. The average molecular weight is 611 g/mol. The van der Waals surface area contributed by atoms with Gasteiger partial charge in [-0.15, -0.1) is 0 Å². The normalized spacial score (nSPS) is 26.1. The molecular formula is C34H44IP. The summed E-state index contributed by atoms with van der Waals surface area (Å²) < 4.78 is -2.64. The fourth-order valence-corrected chi connectivity index (χ4v) is 17.5. The van der Waals surface area contributed by atoms with Crippen molar-refractivity contribution in [1.29, 1.82) is 0 Å². The van der Waals surface area contributed by atoms with E-state index in [1.807, 2.05) is 0 Å². The van der Waals surface area contributed by atoms with Gasteiger partial charge in [-0.2, -0.15) is 0 Å². The van der Waals surface area contributed by atoms with Gasteiger partial charge in [-0.3, -0.25) is 0 Å². The van der Waals surface area contributed by atoms with Gasteiger partial charge >= 0.3 is 234 Å². The molecule has 0 heterocycles. The van der Waals surface area contributed by atoms with Gasteiger partial charge in [-0.25, -0.2) is 0 Å². The second-order valence-electron chi connectivity index (χ2n) is 11.7. The van der Waals surface area contributed by atoms with Gasteiger partial charge in [-0.1, -0.05) is 0 Å². The van der Waals surface area contributed by atoms with Gasteiger partial charge in [0.15, 0.2) is 0 Å². The van der Waals surface area contributed by atoms with Crippen LogP contribution in [0.5, 0.6) is 0 Å². The summed E-state index contributed by atoms with van der Waals surface area (Å²) in [7, 11) is 0. The molecule has 0 amide bonds. The molecule has 36 heavy (non-hydrogen) atoms. The number of halogens is 1. The molecule has 0 unspecified atom stereocenters. The Morgan fingerprint density at radius 2 is 0.917 bits per heavy atom. The molecule has 0 bridgehead atoms. The van der Waals surface area contributed by atoms with Crippen LogP contribution in [-0.4, -0.2) is 6.16 Å². The van der Waals surface area contributed by atoms with E-state index in [-0.39, 0.29) is 0 Å². The summed E-state index contributed by atoms with van der Waals surface area (Å²) in [5.74, 6) is 3.81. The van der Waals surface area contributed by atoms with E-state index in [9.17, 15) is 0 Å². The van der Waals surface area contributed by atoms with Crippen LogP contribution >= 0.6 is 26.3 Å². The van der Waals surface area contributed by atoms with E-state index in [2.05, 4.69) is 120 Å². The van der Waals surface area contributed by atoms with E-state index < -0.39 is 4.25 Å². The first-order valence-electron chi connectivity index (χ1n) is 14.5.